The fourth-order valence-electron chi connectivity index (χ4n) is 2.16. The quantitative estimate of drug-likeness (QED) is 0.445. The van der Waals surface area contributed by atoms with E-state index < -0.39 is 0 Å². The molecule has 0 spiro atoms. The topological polar surface area (TPSA) is 19.1 Å². The van der Waals surface area contributed by atoms with E-state index in [0.29, 0.717) is 0 Å². The van der Waals surface area contributed by atoms with Gasteiger partial charge >= 0.3 is 0 Å². The monoisotopic (exact) mass is 317 g/mol. The molecule has 0 radical (unpaired) electrons. The molecule has 3 nitrogen and oxygen atoms in total. The molecule has 0 bridgehead atoms. The van der Waals surface area contributed by atoms with Crippen molar-refractivity contribution < 1.29 is 12.4 Å². The first-order valence-electron chi connectivity index (χ1n) is 6.57. The molecule has 0 amide bonds. The molecule has 3 rings (SSSR count). The van der Waals surface area contributed by atoms with E-state index in [1.165, 1.54) is 20.6 Å². The van der Waals surface area contributed by atoms with Gasteiger partial charge in [0.15, 0.2) is 0 Å². The fraction of sp³-hybridized carbons (Fsp3) is 0.250. The Labute approximate surface area is 134 Å². The molecule has 0 atom stereocenters. The number of hydrogen-bond donors (Lipinski definition) is 0. The van der Waals surface area contributed by atoms with Crippen LogP contribution in [0.1, 0.15) is 0 Å². The molecule has 5 heteroatoms. The van der Waals surface area contributed by atoms with Crippen LogP contribution in [0.5, 0.6) is 0 Å². The highest BCUT2D eigenvalue weighted by atomic mass is 35.5. The van der Waals surface area contributed by atoms with Gasteiger partial charge in [-0.3, -0.25) is 0 Å². The first kappa shape index (κ1) is 15.7. The number of anilines is 1. The van der Waals surface area contributed by atoms with Crippen LogP contribution in [-0.2, 0) is 0 Å². The van der Waals surface area contributed by atoms with E-state index in [1.807, 2.05) is 0 Å². The molecule has 1 heterocycles. The summed E-state index contributed by atoms with van der Waals surface area (Å²) in [5.74, 6) is 0. The Hall–Kier alpha value is -1.65. The third kappa shape index (κ3) is 3.01. The Bertz CT molecular complexity index is 819. The first-order valence-corrected chi connectivity index (χ1v) is 7.38. The maximum absolute atomic E-state index is 4.75. The van der Waals surface area contributed by atoms with Gasteiger partial charge < -0.3 is 17.3 Å². The van der Waals surface area contributed by atoms with Gasteiger partial charge in [0.1, 0.15) is 14.1 Å². The summed E-state index contributed by atoms with van der Waals surface area (Å²) in [5.41, 5.74) is 3.33. The number of nitrogens with zero attached hydrogens (tertiary/aromatic N) is 3. The number of benzene rings is 2. The van der Waals surface area contributed by atoms with E-state index in [9.17, 15) is 0 Å². The molecule has 110 valence electrons. The third-order valence-electron chi connectivity index (χ3n) is 3.38. The summed E-state index contributed by atoms with van der Waals surface area (Å²) in [7, 11) is 8.24. The summed E-state index contributed by atoms with van der Waals surface area (Å²) in [5, 5.41) is 1.21. The van der Waals surface area contributed by atoms with E-state index in [2.05, 4.69) is 74.1 Å². The van der Waals surface area contributed by atoms with Gasteiger partial charge in [0.25, 0.3) is 0 Å². The third-order valence-corrected chi connectivity index (χ3v) is 4.47. The molecule has 1 aromatic carbocycles. The van der Waals surface area contributed by atoms with Crippen molar-refractivity contribution in [1.29, 1.82) is 0 Å². The highest BCUT2D eigenvalue weighted by molar-refractivity contribution is 7.21. The zero-order valence-electron chi connectivity index (χ0n) is 12.6. The molecule has 2 aliphatic rings. The van der Waals surface area contributed by atoms with Crippen LogP contribution in [0, 0.1) is 0 Å². The maximum Gasteiger partial charge on any atom is 0.201 e. The van der Waals surface area contributed by atoms with Crippen LogP contribution >= 0.6 is 11.3 Å². The van der Waals surface area contributed by atoms with Crippen molar-refractivity contribution in [2.24, 2.45) is 0 Å². The Balaban J connectivity index is 0.00000161. The highest BCUT2D eigenvalue weighted by Gasteiger charge is 2.09. The SMILES string of the molecule is CN(C)c1ccc2nc3ccc(=[N+]([11CH3])[11CH3])cc-3sc2c1.[Cl-]. The van der Waals surface area contributed by atoms with Crippen LogP contribution in [-0.4, -0.2) is 33.2 Å². The zero-order valence-corrected chi connectivity index (χ0v) is 14.2. The predicted octanol–water partition coefficient (Wildman–Crippen LogP) is -0.497. The van der Waals surface area contributed by atoms with E-state index >= 15 is 0 Å². The summed E-state index contributed by atoms with van der Waals surface area (Å²) in [6.07, 6.45) is 0. The number of aromatic nitrogens is 1. The molecule has 0 unspecified atom stereocenters. The second-order valence-electron chi connectivity index (χ2n) is 5.31. The number of rotatable bonds is 1. The van der Waals surface area contributed by atoms with Crippen molar-refractivity contribution in [3.63, 3.8) is 0 Å². The van der Waals surface area contributed by atoms with Crippen LogP contribution in [0.4, 0.5) is 5.69 Å². The average Bonchev–Trinajstić information content (AvgIpc) is 2.43. The molecule has 1 aliphatic carbocycles. The molecule has 21 heavy (non-hydrogen) atoms. The summed E-state index contributed by atoms with van der Waals surface area (Å²) in [6.45, 7) is 0. The first-order chi connectivity index (χ1) is 9.54. The van der Waals surface area contributed by atoms with Crippen LogP contribution < -0.4 is 27.2 Å². The summed E-state index contributed by atoms with van der Waals surface area (Å²) < 4.78 is 3.34. The van der Waals surface area contributed by atoms with Gasteiger partial charge in [0.05, 0.1) is 20.8 Å². The van der Waals surface area contributed by atoms with Crippen molar-refractivity contribution in [2.75, 3.05) is 33.1 Å². The molecule has 1 aromatic rings. The summed E-state index contributed by atoms with van der Waals surface area (Å²) >= 11 is 1.80. The highest BCUT2D eigenvalue weighted by Crippen LogP contribution is 2.31. The normalized spacial score (nSPS) is 10.5. The van der Waals surface area contributed by atoms with Crippen LogP contribution in [0.3, 0.4) is 0 Å². The lowest BCUT2D eigenvalue weighted by Gasteiger charge is -2.13. The Morgan fingerprint density at radius 3 is 2.48 bits per heavy atom. The van der Waals surface area contributed by atoms with Crippen LogP contribution in [0.25, 0.3) is 20.8 Å². The van der Waals surface area contributed by atoms with Crippen LogP contribution in [0.2, 0.25) is 0 Å². The molecule has 0 saturated heterocycles. The van der Waals surface area contributed by atoms with Gasteiger partial charge in [-0.2, -0.15) is 0 Å². The van der Waals surface area contributed by atoms with E-state index in [1.54, 1.807) is 11.3 Å². The van der Waals surface area contributed by atoms with Crippen molar-refractivity contribution in [3.05, 3.63) is 41.8 Å². The molecule has 0 aromatic heterocycles. The number of hydrogen-bond acceptors (Lipinski definition) is 3. The minimum absolute atomic E-state index is 0. The van der Waals surface area contributed by atoms with Crippen molar-refractivity contribution in [2.45, 2.75) is 0 Å². The lowest BCUT2D eigenvalue weighted by molar-refractivity contribution is -0.00000410. The molecular weight excluding hydrogens is 300 g/mol. The van der Waals surface area contributed by atoms with Gasteiger partial charge in [-0.25, -0.2) is 9.56 Å². The van der Waals surface area contributed by atoms with E-state index in [-0.39, 0.29) is 12.4 Å². The minimum atomic E-state index is 0. The van der Waals surface area contributed by atoms with Crippen molar-refractivity contribution in [3.8, 4) is 10.6 Å². The molecule has 0 saturated carbocycles. The number of halogens is 1. The lowest BCUT2D eigenvalue weighted by Crippen LogP contribution is -3.00. The average molecular weight is 318 g/mol. The molecule has 0 fully saturated rings. The predicted molar refractivity (Wildman–Crippen MR) is 87.7 cm³/mol. The van der Waals surface area contributed by atoms with Gasteiger partial charge in [-0.05, 0) is 24.3 Å². The Morgan fingerprint density at radius 1 is 1.05 bits per heavy atom. The zero-order chi connectivity index (χ0) is 14.3. The van der Waals surface area contributed by atoms with E-state index in [0.717, 1.165) is 11.2 Å². The van der Waals surface area contributed by atoms with E-state index in [4.69, 9.17) is 4.98 Å². The van der Waals surface area contributed by atoms with Gasteiger partial charge in [-0.15, -0.1) is 11.3 Å². The van der Waals surface area contributed by atoms with Crippen LogP contribution in [0.15, 0.2) is 36.4 Å². The molecule has 1 aliphatic heterocycles. The fourth-order valence-corrected chi connectivity index (χ4v) is 3.19. The largest absolute Gasteiger partial charge is 1.00 e. The van der Waals surface area contributed by atoms with Gasteiger partial charge in [0, 0.05) is 31.9 Å². The number of fused-ring (bicyclic) bond motifs is 2. The summed E-state index contributed by atoms with van der Waals surface area (Å²) in [6, 6.07) is 12.8. The van der Waals surface area contributed by atoms with Crippen molar-refractivity contribution in [1.82, 2.24) is 9.56 Å². The standard InChI is InChI=1S/C16H18N3S.ClH/c1-18(2)11-5-7-13-15(9-11)20-16-10-12(19(3)4)6-8-14(16)17-13;/h5-10H,1-4H3;1H/q+1;/p-1/i1-1,2-1;. The maximum atomic E-state index is 4.75. The van der Waals surface area contributed by atoms with Gasteiger partial charge in [0.2, 0.25) is 5.36 Å². The smallest absolute Gasteiger partial charge is 0.201 e. The second kappa shape index (κ2) is 6.00. The second-order valence-corrected chi connectivity index (χ2v) is 6.39. The Kier molecular flexibility index (Phi) is 4.49. The minimum Gasteiger partial charge on any atom is -1.00 e. The molecular formula is C16H18ClN3S. The van der Waals surface area contributed by atoms with Crippen molar-refractivity contribution >= 4 is 27.2 Å². The Morgan fingerprint density at radius 2 is 1.81 bits per heavy atom. The lowest BCUT2D eigenvalue weighted by atomic mass is 10.2. The summed E-state index contributed by atoms with van der Waals surface area (Å²) in [4.78, 5) is 8.09. The molecule has 0 N–H and O–H groups in total. The van der Waals surface area contributed by atoms with Gasteiger partial charge in [-0.1, -0.05) is 0 Å².